The summed E-state index contributed by atoms with van der Waals surface area (Å²) in [6.07, 6.45) is 1.90. The van der Waals surface area contributed by atoms with Crippen molar-refractivity contribution in [2.24, 2.45) is 5.92 Å². The summed E-state index contributed by atoms with van der Waals surface area (Å²) < 4.78 is 22.1. The van der Waals surface area contributed by atoms with Gasteiger partial charge in [-0.15, -0.1) is 0 Å². The topological polar surface area (TPSA) is 46.2 Å². The van der Waals surface area contributed by atoms with Gasteiger partial charge in [-0.05, 0) is 31.8 Å². The van der Waals surface area contributed by atoms with E-state index in [0.717, 1.165) is 31.8 Å². The average molecular weight is 191 g/mol. The summed E-state index contributed by atoms with van der Waals surface area (Å²) in [5, 5.41) is 3.17. The Hall–Kier alpha value is -0.0900. The van der Waals surface area contributed by atoms with E-state index in [1.54, 1.807) is 6.92 Å². The molecule has 0 aromatic rings. The van der Waals surface area contributed by atoms with Gasteiger partial charge in [0.05, 0.1) is 5.75 Å². The maximum absolute atomic E-state index is 11.1. The van der Waals surface area contributed by atoms with Gasteiger partial charge in [-0.1, -0.05) is 6.92 Å². The molecule has 1 N–H and O–H groups in total. The molecule has 1 fully saturated rings. The van der Waals surface area contributed by atoms with Gasteiger partial charge in [0, 0.05) is 5.75 Å². The predicted molar refractivity (Wildman–Crippen MR) is 49.9 cm³/mol. The Kier molecular flexibility index (Phi) is 3.53. The van der Waals surface area contributed by atoms with Gasteiger partial charge < -0.3 is 5.32 Å². The van der Waals surface area contributed by atoms with Crippen molar-refractivity contribution in [1.82, 2.24) is 5.32 Å². The highest BCUT2D eigenvalue weighted by atomic mass is 32.2. The van der Waals surface area contributed by atoms with E-state index in [1.165, 1.54) is 0 Å². The second kappa shape index (κ2) is 4.23. The minimum atomic E-state index is -2.72. The summed E-state index contributed by atoms with van der Waals surface area (Å²) in [6.45, 7) is 3.86. The molecular weight excluding hydrogens is 174 g/mol. The first kappa shape index (κ1) is 9.99. The Morgan fingerprint density at radius 2 is 2.08 bits per heavy atom. The summed E-state index contributed by atoms with van der Waals surface area (Å²) in [5.41, 5.74) is 0. The van der Waals surface area contributed by atoms with Crippen LogP contribution in [-0.2, 0) is 9.84 Å². The molecule has 1 aliphatic heterocycles. The quantitative estimate of drug-likeness (QED) is 0.685. The SMILES string of the molecule is CCS(=O)(=O)CCCC1CNC1. The fourth-order valence-electron chi connectivity index (χ4n) is 1.29. The van der Waals surface area contributed by atoms with E-state index in [2.05, 4.69) is 5.32 Å². The molecule has 72 valence electrons. The van der Waals surface area contributed by atoms with Crippen LogP contribution in [0.25, 0.3) is 0 Å². The number of hydrogen-bond acceptors (Lipinski definition) is 3. The van der Waals surface area contributed by atoms with Crippen LogP contribution in [0.15, 0.2) is 0 Å². The molecule has 12 heavy (non-hydrogen) atoms. The molecule has 0 aromatic heterocycles. The molecule has 1 saturated heterocycles. The standard InChI is InChI=1S/C8H17NO2S/c1-2-12(10,11)5-3-4-8-6-9-7-8/h8-9H,2-7H2,1H3. The lowest BCUT2D eigenvalue weighted by molar-refractivity contribution is 0.325. The van der Waals surface area contributed by atoms with Crippen molar-refractivity contribution in [3.05, 3.63) is 0 Å². The first-order valence-electron chi connectivity index (χ1n) is 4.55. The molecule has 0 atom stereocenters. The van der Waals surface area contributed by atoms with E-state index in [-0.39, 0.29) is 5.75 Å². The van der Waals surface area contributed by atoms with Crippen molar-refractivity contribution in [2.45, 2.75) is 19.8 Å². The fraction of sp³-hybridized carbons (Fsp3) is 1.00. The smallest absolute Gasteiger partial charge is 0.150 e. The van der Waals surface area contributed by atoms with E-state index in [4.69, 9.17) is 0 Å². The zero-order valence-electron chi connectivity index (χ0n) is 7.54. The zero-order valence-corrected chi connectivity index (χ0v) is 8.36. The maximum Gasteiger partial charge on any atom is 0.150 e. The molecule has 0 amide bonds. The molecule has 0 aromatic carbocycles. The van der Waals surface area contributed by atoms with Gasteiger partial charge in [0.2, 0.25) is 0 Å². The number of sulfone groups is 1. The van der Waals surface area contributed by atoms with Gasteiger partial charge in [0.25, 0.3) is 0 Å². The third-order valence-corrected chi connectivity index (χ3v) is 4.16. The second-order valence-corrected chi connectivity index (χ2v) is 5.88. The van der Waals surface area contributed by atoms with Crippen molar-refractivity contribution in [2.75, 3.05) is 24.6 Å². The van der Waals surface area contributed by atoms with Crippen LogP contribution in [-0.4, -0.2) is 33.0 Å². The third-order valence-electron chi connectivity index (χ3n) is 2.37. The van der Waals surface area contributed by atoms with E-state index in [1.807, 2.05) is 0 Å². The van der Waals surface area contributed by atoms with Crippen molar-refractivity contribution >= 4 is 9.84 Å². The fourth-order valence-corrected chi connectivity index (χ4v) is 2.18. The lowest BCUT2D eigenvalue weighted by Crippen LogP contribution is -2.41. The van der Waals surface area contributed by atoms with E-state index in [9.17, 15) is 8.42 Å². The minimum absolute atomic E-state index is 0.288. The summed E-state index contributed by atoms with van der Waals surface area (Å²) in [7, 11) is -2.72. The molecule has 1 aliphatic rings. The van der Waals surface area contributed by atoms with Crippen LogP contribution in [0.1, 0.15) is 19.8 Å². The Morgan fingerprint density at radius 3 is 2.50 bits per heavy atom. The molecule has 0 unspecified atom stereocenters. The highest BCUT2D eigenvalue weighted by Crippen LogP contribution is 2.11. The maximum atomic E-state index is 11.1. The van der Waals surface area contributed by atoms with Crippen LogP contribution in [0.5, 0.6) is 0 Å². The molecule has 0 aliphatic carbocycles. The predicted octanol–water partition coefficient (Wildman–Crippen LogP) is 0.421. The van der Waals surface area contributed by atoms with Crippen molar-refractivity contribution in [3.8, 4) is 0 Å². The number of hydrogen-bond donors (Lipinski definition) is 1. The third kappa shape index (κ3) is 3.11. The monoisotopic (exact) mass is 191 g/mol. The first-order valence-corrected chi connectivity index (χ1v) is 6.37. The van der Waals surface area contributed by atoms with Crippen molar-refractivity contribution in [3.63, 3.8) is 0 Å². The Morgan fingerprint density at radius 1 is 1.42 bits per heavy atom. The van der Waals surface area contributed by atoms with Crippen LogP contribution >= 0.6 is 0 Å². The van der Waals surface area contributed by atoms with Gasteiger partial charge in [-0.2, -0.15) is 0 Å². The van der Waals surface area contributed by atoms with Crippen LogP contribution < -0.4 is 5.32 Å². The largest absolute Gasteiger partial charge is 0.316 e. The molecule has 0 bridgehead atoms. The summed E-state index contributed by atoms with van der Waals surface area (Å²) in [4.78, 5) is 0. The number of rotatable bonds is 5. The summed E-state index contributed by atoms with van der Waals surface area (Å²) in [6, 6.07) is 0. The highest BCUT2D eigenvalue weighted by molar-refractivity contribution is 7.91. The van der Waals surface area contributed by atoms with Crippen LogP contribution in [0, 0.1) is 5.92 Å². The molecule has 0 saturated carbocycles. The molecule has 4 heteroatoms. The molecule has 3 nitrogen and oxygen atoms in total. The van der Waals surface area contributed by atoms with Crippen LogP contribution in [0.4, 0.5) is 0 Å². The van der Waals surface area contributed by atoms with E-state index >= 15 is 0 Å². The van der Waals surface area contributed by atoms with Gasteiger partial charge in [0.15, 0.2) is 0 Å². The molecular formula is C8H17NO2S. The van der Waals surface area contributed by atoms with Crippen molar-refractivity contribution < 1.29 is 8.42 Å². The molecule has 0 spiro atoms. The molecule has 0 radical (unpaired) electrons. The zero-order chi connectivity index (χ0) is 9.03. The van der Waals surface area contributed by atoms with Gasteiger partial charge >= 0.3 is 0 Å². The lowest BCUT2D eigenvalue weighted by Gasteiger charge is -2.26. The first-order chi connectivity index (χ1) is 5.64. The summed E-state index contributed by atoms with van der Waals surface area (Å²) >= 11 is 0. The Bertz CT molecular complexity index is 219. The van der Waals surface area contributed by atoms with E-state index < -0.39 is 9.84 Å². The number of nitrogens with one attached hydrogen (secondary N) is 1. The second-order valence-electron chi connectivity index (χ2n) is 3.40. The summed E-state index contributed by atoms with van der Waals surface area (Å²) in [5.74, 6) is 1.40. The highest BCUT2D eigenvalue weighted by Gasteiger charge is 2.17. The lowest BCUT2D eigenvalue weighted by atomic mass is 9.98. The van der Waals surface area contributed by atoms with E-state index in [0.29, 0.717) is 5.75 Å². The Balaban J connectivity index is 2.08. The Labute approximate surface area is 74.5 Å². The average Bonchev–Trinajstić information content (AvgIpc) is 1.95. The van der Waals surface area contributed by atoms with Gasteiger partial charge in [-0.3, -0.25) is 0 Å². The molecule has 1 heterocycles. The minimum Gasteiger partial charge on any atom is -0.316 e. The van der Waals surface area contributed by atoms with Crippen molar-refractivity contribution in [1.29, 1.82) is 0 Å². The van der Waals surface area contributed by atoms with Crippen LogP contribution in [0.3, 0.4) is 0 Å². The van der Waals surface area contributed by atoms with Gasteiger partial charge in [0.1, 0.15) is 9.84 Å². The normalized spacial score (nSPS) is 19.1. The van der Waals surface area contributed by atoms with Crippen LogP contribution in [0.2, 0.25) is 0 Å². The molecule has 1 rings (SSSR count). The van der Waals surface area contributed by atoms with Gasteiger partial charge in [-0.25, -0.2) is 8.42 Å².